The van der Waals surface area contributed by atoms with E-state index in [9.17, 15) is 0 Å². The van der Waals surface area contributed by atoms with E-state index in [1.165, 1.54) is 0 Å². The Labute approximate surface area is 107 Å². The first-order chi connectivity index (χ1) is 7.63. The summed E-state index contributed by atoms with van der Waals surface area (Å²) in [7, 11) is 0. The highest BCUT2D eigenvalue weighted by molar-refractivity contribution is 6.35. The van der Waals surface area contributed by atoms with Crippen LogP contribution in [0.3, 0.4) is 0 Å². The van der Waals surface area contributed by atoms with Crippen LogP contribution in [-0.2, 0) is 6.42 Å². The van der Waals surface area contributed by atoms with Crippen molar-refractivity contribution in [3.63, 3.8) is 0 Å². The van der Waals surface area contributed by atoms with Crippen molar-refractivity contribution in [1.82, 2.24) is 0 Å². The van der Waals surface area contributed by atoms with Gasteiger partial charge in [-0.05, 0) is 37.0 Å². The summed E-state index contributed by atoms with van der Waals surface area (Å²) in [4.78, 5) is 0. The van der Waals surface area contributed by atoms with E-state index in [1.807, 2.05) is 12.1 Å². The SMILES string of the molecule is C#CCCCC(N)Cc1ccc(Cl)cc1Cl. The predicted molar refractivity (Wildman–Crippen MR) is 70.8 cm³/mol. The Balaban J connectivity index is 2.50. The number of benzene rings is 1. The van der Waals surface area contributed by atoms with Crippen molar-refractivity contribution < 1.29 is 0 Å². The molecular formula is C13H15Cl2N. The van der Waals surface area contributed by atoms with Gasteiger partial charge in [-0.15, -0.1) is 12.3 Å². The van der Waals surface area contributed by atoms with Gasteiger partial charge in [0.2, 0.25) is 0 Å². The van der Waals surface area contributed by atoms with E-state index >= 15 is 0 Å². The van der Waals surface area contributed by atoms with E-state index in [1.54, 1.807) is 6.07 Å². The molecule has 1 unspecified atom stereocenters. The summed E-state index contributed by atoms with van der Waals surface area (Å²) in [5, 5.41) is 1.33. The highest BCUT2D eigenvalue weighted by atomic mass is 35.5. The Morgan fingerprint density at radius 2 is 2.12 bits per heavy atom. The zero-order valence-corrected chi connectivity index (χ0v) is 10.6. The lowest BCUT2D eigenvalue weighted by atomic mass is 10.0. The molecule has 2 N–H and O–H groups in total. The number of halogens is 2. The van der Waals surface area contributed by atoms with Crippen LogP contribution in [0.25, 0.3) is 0 Å². The molecule has 0 heterocycles. The number of nitrogens with two attached hydrogens (primary N) is 1. The maximum atomic E-state index is 6.06. The van der Waals surface area contributed by atoms with E-state index in [2.05, 4.69) is 5.92 Å². The van der Waals surface area contributed by atoms with Gasteiger partial charge in [-0.3, -0.25) is 0 Å². The third-order valence-corrected chi connectivity index (χ3v) is 2.98. The number of unbranched alkanes of at least 4 members (excludes halogenated alkanes) is 1. The molecule has 1 nitrogen and oxygen atoms in total. The van der Waals surface area contributed by atoms with Gasteiger partial charge < -0.3 is 5.73 Å². The third-order valence-electron chi connectivity index (χ3n) is 2.39. The van der Waals surface area contributed by atoms with E-state index in [0.717, 1.165) is 31.2 Å². The molecule has 0 radical (unpaired) electrons. The number of terminal acetylenes is 1. The summed E-state index contributed by atoms with van der Waals surface area (Å²) in [6.07, 6.45) is 8.61. The van der Waals surface area contributed by atoms with Crippen LogP contribution in [0.5, 0.6) is 0 Å². The van der Waals surface area contributed by atoms with E-state index < -0.39 is 0 Å². The Hall–Kier alpha value is -0.680. The molecule has 0 amide bonds. The first kappa shape index (κ1) is 13.4. The molecule has 1 aromatic carbocycles. The van der Waals surface area contributed by atoms with Crippen molar-refractivity contribution >= 4 is 23.2 Å². The molecule has 0 bridgehead atoms. The third kappa shape index (κ3) is 4.45. The highest BCUT2D eigenvalue weighted by Crippen LogP contribution is 2.22. The van der Waals surface area contributed by atoms with Gasteiger partial charge in [0.15, 0.2) is 0 Å². The molecule has 1 rings (SSSR count). The van der Waals surface area contributed by atoms with Crippen LogP contribution in [-0.4, -0.2) is 6.04 Å². The minimum atomic E-state index is 0.104. The van der Waals surface area contributed by atoms with Crippen molar-refractivity contribution in [1.29, 1.82) is 0 Å². The van der Waals surface area contributed by atoms with Crippen LogP contribution in [0.2, 0.25) is 10.0 Å². The first-order valence-corrected chi connectivity index (χ1v) is 6.02. The largest absolute Gasteiger partial charge is 0.327 e. The molecule has 0 saturated carbocycles. The van der Waals surface area contributed by atoms with Gasteiger partial charge in [0, 0.05) is 22.5 Å². The fourth-order valence-electron chi connectivity index (χ4n) is 1.54. The van der Waals surface area contributed by atoms with Crippen LogP contribution < -0.4 is 5.73 Å². The van der Waals surface area contributed by atoms with Crippen LogP contribution in [0.4, 0.5) is 0 Å². The Kier molecular flexibility index (Phi) is 5.69. The van der Waals surface area contributed by atoms with Crippen molar-refractivity contribution in [2.45, 2.75) is 31.7 Å². The van der Waals surface area contributed by atoms with Gasteiger partial charge in [-0.25, -0.2) is 0 Å². The van der Waals surface area contributed by atoms with Gasteiger partial charge in [-0.1, -0.05) is 29.3 Å². The average Bonchev–Trinajstić information content (AvgIpc) is 2.23. The van der Waals surface area contributed by atoms with E-state index in [4.69, 9.17) is 35.4 Å². The monoisotopic (exact) mass is 255 g/mol. The molecule has 0 aliphatic heterocycles. The summed E-state index contributed by atoms with van der Waals surface area (Å²) in [6, 6.07) is 5.60. The fraction of sp³-hybridized carbons (Fsp3) is 0.385. The fourth-order valence-corrected chi connectivity index (χ4v) is 2.02. The molecule has 0 aromatic heterocycles. The lowest BCUT2D eigenvalue weighted by molar-refractivity contribution is 0.587. The Morgan fingerprint density at radius 1 is 1.38 bits per heavy atom. The Morgan fingerprint density at radius 3 is 2.75 bits per heavy atom. The number of hydrogen-bond donors (Lipinski definition) is 1. The first-order valence-electron chi connectivity index (χ1n) is 5.26. The molecule has 1 aromatic rings. The van der Waals surface area contributed by atoms with Gasteiger partial charge in [0.05, 0.1) is 0 Å². The summed E-state index contributed by atoms with van der Waals surface area (Å²) < 4.78 is 0. The summed E-state index contributed by atoms with van der Waals surface area (Å²) in [6.45, 7) is 0. The van der Waals surface area contributed by atoms with Crippen LogP contribution in [0, 0.1) is 12.3 Å². The second-order valence-electron chi connectivity index (χ2n) is 3.80. The van der Waals surface area contributed by atoms with Crippen molar-refractivity contribution in [2.75, 3.05) is 0 Å². The lowest BCUT2D eigenvalue weighted by Gasteiger charge is -2.12. The lowest BCUT2D eigenvalue weighted by Crippen LogP contribution is -2.22. The maximum Gasteiger partial charge on any atom is 0.0453 e. The number of hydrogen-bond acceptors (Lipinski definition) is 1. The quantitative estimate of drug-likeness (QED) is 0.631. The van der Waals surface area contributed by atoms with Crippen LogP contribution in [0.15, 0.2) is 18.2 Å². The minimum absolute atomic E-state index is 0.104. The van der Waals surface area contributed by atoms with Gasteiger partial charge in [0.25, 0.3) is 0 Å². The molecule has 16 heavy (non-hydrogen) atoms. The highest BCUT2D eigenvalue weighted by Gasteiger charge is 2.07. The summed E-state index contributed by atoms with van der Waals surface area (Å²) in [5.74, 6) is 2.61. The molecule has 1 atom stereocenters. The molecule has 3 heteroatoms. The standard InChI is InChI=1S/C13H15Cl2N/c1-2-3-4-5-12(16)8-10-6-7-11(14)9-13(10)15/h1,6-7,9,12H,3-5,8,16H2. The Bertz CT molecular complexity index is 382. The van der Waals surface area contributed by atoms with Crippen molar-refractivity contribution in [3.05, 3.63) is 33.8 Å². The van der Waals surface area contributed by atoms with Crippen molar-refractivity contribution in [3.8, 4) is 12.3 Å². The second-order valence-corrected chi connectivity index (χ2v) is 4.64. The molecule has 0 spiro atoms. The van der Waals surface area contributed by atoms with Gasteiger partial charge in [-0.2, -0.15) is 0 Å². The number of rotatable bonds is 5. The van der Waals surface area contributed by atoms with E-state index in [-0.39, 0.29) is 6.04 Å². The van der Waals surface area contributed by atoms with Crippen LogP contribution in [0.1, 0.15) is 24.8 Å². The molecule has 0 aliphatic rings. The minimum Gasteiger partial charge on any atom is -0.327 e. The zero-order valence-electron chi connectivity index (χ0n) is 9.05. The maximum absolute atomic E-state index is 6.06. The second kappa shape index (κ2) is 6.81. The molecular weight excluding hydrogens is 241 g/mol. The molecule has 0 aliphatic carbocycles. The normalized spacial score (nSPS) is 12.1. The van der Waals surface area contributed by atoms with Gasteiger partial charge >= 0.3 is 0 Å². The van der Waals surface area contributed by atoms with Gasteiger partial charge in [0.1, 0.15) is 0 Å². The molecule has 0 fully saturated rings. The van der Waals surface area contributed by atoms with Crippen LogP contribution >= 0.6 is 23.2 Å². The van der Waals surface area contributed by atoms with E-state index in [0.29, 0.717) is 10.0 Å². The average molecular weight is 256 g/mol. The molecule has 0 saturated heterocycles. The smallest absolute Gasteiger partial charge is 0.0453 e. The summed E-state index contributed by atoms with van der Waals surface area (Å²) in [5.41, 5.74) is 7.03. The topological polar surface area (TPSA) is 26.0 Å². The zero-order chi connectivity index (χ0) is 12.0. The molecule has 86 valence electrons. The summed E-state index contributed by atoms with van der Waals surface area (Å²) >= 11 is 11.9. The van der Waals surface area contributed by atoms with Crippen molar-refractivity contribution in [2.24, 2.45) is 5.73 Å². The predicted octanol–water partition coefficient (Wildman–Crippen LogP) is 3.67.